The molecule has 1 heterocycles. The highest BCUT2D eigenvalue weighted by molar-refractivity contribution is 6.32. The van der Waals surface area contributed by atoms with E-state index in [0.717, 1.165) is 37.7 Å². The summed E-state index contributed by atoms with van der Waals surface area (Å²) in [7, 11) is 1.64. The maximum atomic E-state index is 6.28. The van der Waals surface area contributed by atoms with Crippen LogP contribution < -0.4 is 20.1 Å². The maximum Gasteiger partial charge on any atom is 0.179 e. The van der Waals surface area contributed by atoms with Gasteiger partial charge in [0.25, 0.3) is 0 Å². The standard InChI is InChI=1S/C16H25ClN2O2.2ClH/c1-3-21-16-14(17)8-13(9-15(16)20-2)11-19-10-12-4-6-18-7-5-12;;/h8-9,12,18-19H,3-7,10-11H2,1-2H3;2*1H. The molecule has 0 aromatic heterocycles. The number of nitrogens with one attached hydrogen (secondary N) is 2. The van der Waals surface area contributed by atoms with Crippen LogP contribution in [-0.4, -0.2) is 33.4 Å². The van der Waals surface area contributed by atoms with Crippen LogP contribution in [0.5, 0.6) is 11.5 Å². The van der Waals surface area contributed by atoms with Gasteiger partial charge in [0.15, 0.2) is 11.5 Å². The SMILES string of the molecule is CCOc1c(Cl)cc(CNCC2CCNCC2)cc1OC.Cl.Cl. The molecule has 0 unspecified atom stereocenters. The normalized spacial score (nSPS) is 14.6. The molecule has 0 amide bonds. The van der Waals surface area contributed by atoms with Crippen LogP contribution in [0.2, 0.25) is 5.02 Å². The Balaban J connectivity index is 0.00000242. The highest BCUT2D eigenvalue weighted by Crippen LogP contribution is 2.36. The van der Waals surface area contributed by atoms with Crippen LogP contribution in [0.1, 0.15) is 25.3 Å². The van der Waals surface area contributed by atoms with Crippen LogP contribution >= 0.6 is 36.4 Å². The van der Waals surface area contributed by atoms with Crippen molar-refractivity contribution in [3.63, 3.8) is 0 Å². The zero-order valence-electron chi connectivity index (χ0n) is 13.7. The summed E-state index contributed by atoms with van der Waals surface area (Å²) in [5.74, 6) is 2.10. The fourth-order valence-corrected chi connectivity index (χ4v) is 2.95. The molecular weight excluding hydrogens is 359 g/mol. The molecule has 0 atom stereocenters. The molecule has 1 aromatic carbocycles. The first-order valence-electron chi connectivity index (χ1n) is 7.65. The Morgan fingerprint density at radius 2 is 1.96 bits per heavy atom. The van der Waals surface area contributed by atoms with Crippen molar-refractivity contribution in [3.8, 4) is 11.5 Å². The summed E-state index contributed by atoms with van der Waals surface area (Å²) in [6, 6.07) is 3.94. The number of hydrogen-bond acceptors (Lipinski definition) is 4. The zero-order chi connectivity index (χ0) is 15.1. The van der Waals surface area contributed by atoms with E-state index in [1.807, 2.05) is 19.1 Å². The minimum absolute atomic E-state index is 0. The Morgan fingerprint density at radius 3 is 2.57 bits per heavy atom. The van der Waals surface area contributed by atoms with Gasteiger partial charge in [-0.25, -0.2) is 0 Å². The fourth-order valence-electron chi connectivity index (χ4n) is 2.67. The molecule has 1 aliphatic heterocycles. The first-order valence-corrected chi connectivity index (χ1v) is 8.03. The summed E-state index contributed by atoms with van der Waals surface area (Å²) in [5.41, 5.74) is 1.12. The number of benzene rings is 1. The van der Waals surface area contributed by atoms with Gasteiger partial charge in [0.1, 0.15) is 0 Å². The lowest BCUT2D eigenvalue weighted by Gasteiger charge is -2.23. The third-order valence-electron chi connectivity index (χ3n) is 3.80. The minimum Gasteiger partial charge on any atom is -0.493 e. The van der Waals surface area contributed by atoms with E-state index in [1.54, 1.807) is 7.11 Å². The van der Waals surface area contributed by atoms with E-state index in [1.165, 1.54) is 12.8 Å². The van der Waals surface area contributed by atoms with Gasteiger partial charge in [0.05, 0.1) is 18.7 Å². The topological polar surface area (TPSA) is 42.5 Å². The molecule has 134 valence electrons. The van der Waals surface area contributed by atoms with Gasteiger partial charge >= 0.3 is 0 Å². The van der Waals surface area contributed by atoms with Crippen molar-refractivity contribution in [1.29, 1.82) is 0 Å². The van der Waals surface area contributed by atoms with Gasteiger partial charge < -0.3 is 20.1 Å². The molecule has 0 aliphatic carbocycles. The average Bonchev–Trinajstić information content (AvgIpc) is 2.51. The number of halogens is 3. The summed E-state index contributed by atoms with van der Waals surface area (Å²) >= 11 is 6.28. The highest BCUT2D eigenvalue weighted by atomic mass is 35.5. The van der Waals surface area contributed by atoms with Crippen LogP contribution in [0.25, 0.3) is 0 Å². The van der Waals surface area contributed by atoms with Gasteiger partial charge in [0, 0.05) is 6.54 Å². The Morgan fingerprint density at radius 1 is 1.26 bits per heavy atom. The maximum absolute atomic E-state index is 6.28. The van der Waals surface area contributed by atoms with Gasteiger partial charge in [0.2, 0.25) is 0 Å². The summed E-state index contributed by atoms with van der Waals surface area (Å²) < 4.78 is 10.9. The number of hydrogen-bond donors (Lipinski definition) is 2. The molecule has 1 aliphatic rings. The Kier molecular flexibility index (Phi) is 11.8. The first-order chi connectivity index (χ1) is 10.2. The molecule has 2 rings (SSSR count). The molecule has 0 saturated carbocycles. The number of piperidine rings is 1. The van der Waals surface area contributed by atoms with E-state index in [9.17, 15) is 0 Å². The third kappa shape index (κ3) is 6.94. The van der Waals surface area contributed by atoms with E-state index in [4.69, 9.17) is 21.1 Å². The lowest BCUT2D eigenvalue weighted by Crippen LogP contribution is -2.33. The van der Waals surface area contributed by atoms with Crippen molar-refractivity contribution in [2.45, 2.75) is 26.3 Å². The van der Waals surface area contributed by atoms with Gasteiger partial charge in [-0.15, -0.1) is 24.8 Å². The van der Waals surface area contributed by atoms with E-state index >= 15 is 0 Å². The second kappa shape index (κ2) is 12.0. The lowest BCUT2D eigenvalue weighted by molar-refractivity contribution is 0.310. The Bertz CT molecular complexity index is 455. The monoisotopic (exact) mass is 384 g/mol. The number of rotatable bonds is 7. The molecule has 1 aromatic rings. The number of ether oxygens (including phenoxy) is 2. The summed E-state index contributed by atoms with van der Waals surface area (Å²) in [4.78, 5) is 0. The predicted octanol–water partition coefficient (Wildman–Crippen LogP) is 3.68. The van der Waals surface area contributed by atoms with Crippen molar-refractivity contribution in [2.75, 3.05) is 33.4 Å². The van der Waals surface area contributed by atoms with E-state index in [-0.39, 0.29) is 24.8 Å². The molecule has 0 bridgehead atoms. The van der Waals surface area contributed by atoms with Crippen molar-refractivity contribution >= 4 is 36.4 Å². The van der Waals surface area contributed by atoms with Gasteiger partial charge in [-0.2, -0.15) is 0 Å². The molecule has 4 nitrogen and oxygen atoms in total. The Hall–Kier alpha value is -0.390. The molecule has 0 spiro atoms. The van der Waals surface area contributed by atoms with Crippen molar-refractivity contribution in [2.24, 2.45) is 5.92 Å². The predicted molar refractivity (Wildman–Crippen MR) is 101 cm³/mol. The average molecular weight is 386 g/mol. The van der Waals surface area contributed by atoms with Crippen molar-refractivity contribution in [3.05, 3.63) is 22.7 Å². The quantitative estimate of drug-likeness (QED) is 0.751. The summed E-state index contributed by atoms with van der Waals surface area (Å²) in [6.07, 6.45) is 2.50. The van der Waals surface area contributed by atoms with Crippen LogP contribution in [0.4, 0.5) is 0 Å². The van der Waals surface area contributed by atoms with Crippen LogP contribution in [-0.2, 0) is 6.54 Å². The largest absolute Gasteiger partial charge is 0.493 e. The molecule has 0 radical (unpaired) electrons. The summed E-state index contributed by atoms with van der Waals surface area (Å²) in [6.45, 7) is 6.62. The van der Waals surface area contributed by atoms with Crippen LogP contribution in [0.3, 0.4) is 0 Å². The smallest absolute Gasteiger partial charge is 0.179 e. The van der Waals surface area contributed by atoms with Crippen LogP contribution in [0.15, 0.2) is 12.1 Å². The van der Waals surface area contributed by atoms with Crippen molar-refractivity contribution in [1.82, 2.24) is 10.6 Å². The molecule has 7 heteroatoms. The molecular formula is C16H27Cl3N2O2. The molecule has 23 heavy (non-hydrogen) atoms. The van der Waals surface area contributed by atoms with Gasteiger partial charge in [-0.05, 0) is 63.0 Å². The van der Waals surface area contributed by atoms with E-state index < -0.39 is 0 Å². The van der Waals surface area contributed by atoms with E-state index in [0.29, 0.717) is 23.1 Å². The fraction of sp³-hybridized carbons (Fsp3) is 0.625. The lowest BCUT2D eigenvalue weighted by atomic mass is 9.98. The molecule has 1 saturated heterocycles. The molecule has 2 N–H and O–H groups in total. The van der Waals surface area contributed by atoms with Crippen molar-refractivity contribution < 1.29 is 9.47 Å². The zero-order valence-corrected chi connectivity index (χ0v) is 16.1. The van der Waals surface area contributed by atoms with Gasteiger partial charge in [-0.3, -0.25) is 0 Å². The van der Waals surface area contributed by atoms with E-state index in [2.05, 4.69) is 10.6 Å². The summed E-state index contributed by atoms with van der Waals surface area (Å²) in [5, 5.41) is 7.51. The second-order valence-electron chi connectivity index (χ2n) is 5.37. The third-order valence-corrected chi connectivity index (χ3v) is 4.08. The minimum atomic E-state index is 0. The Labute approximate surface area is 156 Å². The number of methoxy groups -OCH3 is 1. The van der Waals surface area contributed by atoms with Crippen LogP contribution in [0, 0.1) is 5.92 Å². The first kappa shape index (κ1) is 22.6. The molecule has 1 fully saturated rings. The second-order valence-corrected chi connectivity index (χ2v) is 5.77. The van der Waals surface area contributed by atoms with Gasteiger partial charge in [-0.1, -0.05) is 11.6 Å². The highest BCUT2D eigenvalue weighted by Gasteiger charge is 2.14.